The second kappa shape index (κ2) is 4.29. The van der Waals surface area contributed by atoms with Crippen LogP contribution >= 0.6 is 0 Å². The minimum atomic E-state index is -0.573. The molecule has 1 atom stereocenters. The molecule has 0 aliphatic carbocycles. The summed E-state index contributed by atoms with van der Waals surface area (Å²) in [6, 6.07) is 11.2. The van der Waals surface area contributed by atoms with E-state index in [9.17, 15) is 4.79 Å². The van der Waals surface area contributed by atoms with Gasteiger partial charge in [0, 0.05) is 6.07 Å². The van der Waals surface area contributed by atoms with E-state index in [-0.39, 0.29) is 11.7 Å². The molecule has 0 spiro atoms. The van der Waals surface area contributed by atoms with Crippen LogP contribution in [0.4, 0.5) is 5.82 Å². The van der Waals surface area contributed by atoms with Gasteiger partial charge in [-0.1, -0.05) is 30.3 Å². The number of rotatable bonds is 3. The van der Waals surface area contributed by atoms with Crippen LogP contribution in [-0.2, 0) is 0 Å². The number of nitrogens with two attached hydrogens (primary N) is 2. The highest BCUT2D eigenvalue weighted by Gasteiger charge is 2.15. The van der Waals surface area contributed by atoms with Crippen LogP contribution in [0.5, 0.6) is 0 Å². The Kier molecular flexibility index (Phi) is 2.82. The Labute approximate surface area is 99.0 Å². The van der Waals surface area contributed by atoms with E-state index in [1.54, 1.807) is 4.68 Å². The number of aromatic nitrogens is 2. The summed E-state index contributed by atoms with van der Waals surface area (Å²) >= 11 is 0. The first-order chi connectivity index (χ1) is 8.09. The average Bonchev–Trinajstić information content (AvgIpc) is 2.72. The molecular weight excluding hydrogens is 216 g/mol. The molecule has 0 radical (unpaired) electrons. The number of anilines is 1. The molecule has 1 heterocycles. The van der Waals surface area contributed by atoms with Gasteiger partial charge in [0.1, 0.15) is 5.82 Å². The summed E-state index contributed by atoms with van der Waals surface area (Å²) in [6.45, 7) is 1.96. The predicted molar refractivity (Wildman–Crippen MR) is 65.4 cm³/mol. The minimum absolute atomic E-state index is 0.0377. The first-order valence-corrected chi connectivity index (χ1v) is 5.29. The molecule has 1 unspecified atom stereocenters. The van der Waals surface area contributed by atoms with Crippen molar-refractivity contribution in [1.82, 2.24) is 9.78 Å². The molecule has 5 nitrogen and oxygen atoms in total. The third kappa shape index (κ3) is 2.13. The molecule has 0 fully saturated rings. The fraction of sp³-hybridized carbons (Fsp3) is 0.167. The Bertz CT molecular complexity index is 533. The molecule has 2 aromatic rings. The number of amides is 1. The monoisotopic (exact) mass is 230 g/mol. The maximum Gasteiger partial charge on any atom is 0.269 e. The number of hydrogen-bond acceptors (Lipinski definition) is 3. The maximum atomic E-state index is 11.0. The lowest BCUT2D eigenvalue weighted by Gasteiger charge is -2.13. The van der Waals surface area contributed by atoms with Crippen LogP contribution in [0.2, 0.25) is 0 Å². The van der Waals surface area contributed by atoms with Gasteiger partial charge >= 0.3 is 0 Å². The van der Waals surface area contributed by atoms with Crippen LogP contribution in [0.25, 0.3) is 0 Å². The molecule has 0 saturated carbocycles. The fourth-order valence-corrected chi connectivity index (χ4v) is 1.71. The van der Waals surface area contributed by atoms with Crippen LogP contribution in [0.15, 0.2) is 36.4 Å². The fourth-order valence-electron chi connectivity index (χ4n) is 1.71. The highest BCUT2D eigenvalue weighted by atomic mass is 16.1. The molecule has 0 aliphatic heterocycles. The zero-order valence-corrected chi connectivity index (χ0v) is 9.50. The maximum absolute atomic E-state index is 11.0. The van der Waals surface area contributed by atoms with E-state index in [2.05, 4.69) is 5.10 Å². The molecule has 1 aromatic heterocycles. The van der Waals surface area contributed by atoms with Crippen molar-refractivity contribution in [2.45, 2.75) is 13.0 Å². The molecule has 4 N–H and O–H groups in total. The summed E-state index contributed by atoms with van der Waals surface area (Å²) < 4.78 is 1.59. The topological polar surface area (TPSA) is 86.9 Å². The van der Waals surface area contributed by atoms with Crippen LogP contribution in [-0.4, -0.2) is 15.7 Å². The largest absolute Gasteiger partial charge is 0.384 e. The van der Waals surface area contributed by atoms with Crippen LogP contribution < -0.4 is 11.5 Å². The number of nitrogens with zero attached hydrogens (tertiary/aromatic N) is 2. The van der Waals surface area contributed by atoms with Gasteiger partial charge in [0.15, 0.2) is 5.69 Å². The SMILES string of the molecule is CC(c1ccccc1)n1nc(C(N)=O)cc1N. The Morgan fingerprint density at radius 2 is 2.00 bits per heavy atom. The van der Waals surface area contributed by atoms with Crippen molar-refractivity contribution in [1.29, 1.82) is 0 Å². The number of carbonyl (C=O) groups is 1. The van der Waals surface area contributed by atoms with E-state index in [0.29, 0.717) is 5.82 Å². The molecule has 0 bridgehead atoms. The first-order valence-electron chi connectivity index (χ1n) is 5.29. The number of nitrogen functional groups attached to an aromatic ring is 1. The molecule has 5 heteroatoms. The molecule has 1 amide bonds. The van der Waals surface area contributed by atoms with Crippen molar-refractivity contribution in [2.24, 2.45) is 5.73 Å². The predicted octanol–water partition coefficient (Wildman–Crippen LogP) is 1.17. The third-order valence-electron chi connectivity index (χ3n) is 2.67. The summed E-state index contributed by atoms with van der Waals surface area (Å²) in [5.41, 5.74) is 12.2. The van der Waals surface area contributed by atoms with Crippen molar-refractivity contribution in [3.63, 3.8) is 0 Å². The Balaban J connectivity index is 2.37. The minimum Gasteiger partial charge on any atom is -0.384 e. The normalized spacial score (nSPS) is 12.3. The number of carbonyl (C=O) groups excluding carboxylic acids is 1. The molecule has 0 saturated heterocycles. The molecular formula is C12H14N4O. The van der Waals surface area contributed by atoms with E-state index >= 15 is 0 Å². The second-order valence-corrected chi connectivity index (χ2v) is 3.85. The van der Waals surface area contributed by atoms with E-state index in [1.807, 2.05) is 37.3 Å². The molecule has 88 valence electrons. The number of hydrogen-bond donors (Lipinski definition) is 2. The van der Waals surface area contributed by atoms with Gasteiger partial charge in [-0.05, 0) is 12.5 Å². The van der Waals surface area contributed by atoms with Crippen LogP contribution in [0, 0.1) is 0 Å². The van der Waals surface area contributed by atoms with Gasteiger partial charge in [0.2, 0.25) is 0 Å². The van der Waals surface area contributed by atoms with Gasteiger partial charge in [-0.3, -0.25) is 4.79 Å². The standard InChI is InChI=1S/C12H14N4O/c1-8(9-5-3-2-4-6-9)16-11(13)7-10(15-16)12(14)17/h2-8H,13H2,1H3,(H2,14,17). The zero-order chi connectivity index (χ0) is 12.4. The lowest BCUT2D eigenvalue weighted by atomic mass is 10.1. The Morgan fingerprint density at radius 1 is 1.35 bits per heavy atom. The van der Waals surface area contributed by atoms with Gasteiger partial charge < -0.3 is 11.5 Å². The molecule has 1 aromatic carbocycles. The van der Waals surface area contributed by atoms with E-state index in [0.717, 1.165) is 5.56 Å². The lowest BCUT2D eigenvalue weighted by molar-refractivity contribution is 0.0994. The van der Waals surface area contributed by atoms with Gasteiger partial charge in [0.25, 0.3) is 5.91 Å². The quantitative estimate of drug-likeness (QED) is 0.829. The van der Waals surface area contributed by atoms with Crippen LogP contribution in [0.3, 0.4) is 0 Å². The van der Waals surface area contributed by atoms with Gasteiger partial charge in [-0.15, -0.1) is 0 Å². The molecule has 2 rings (SSSR count). The van der Waals surface area contributed by atoms with Gasteiger partial charge in [-0.25, -0.2) is 4.68 Å². The van der Waals surface area contributed by atoms with Gasteiger partial charge in [-0.2, -0.15) is 5.10 Å². The van der Waals surface area contributed by atoms with Crippen molar-refractivity contribution in [3.05, 3.63) is 47.7 Å². The lowest BCUT2D eigenvalue weighted by Crippen LogP contribution is -2.15. The van der Waals surface area contributed by atoms with Crippen molar-refractivity contribution >= 4 is 11.7 Å². The average molecular weight is 230 g/mol. The Morgan fingerprint density at radius 3 is 2.53 bits per heavy atom. The number of primary amides is 1. The zero-order valence-electron chi connectivity index (χ0n) is 9.50. The molecule has 17 heavy (non-hydrogen) atoms. The first kappa shape index (κ1) is 11.2. The third-order valence-corrected chi connectivity index (χ3v) is 2.67. The van der Waals surface area contributed by atoms with Crippen molar-refractivity contribution in [3.8, 4) is 0 Å². The summed E-state index contributed by atoms with van der Waals surface area (Å²) in [4.78, 5) is 11.0. The summed E-state index contributed by atoms with van der Waals surface area (Å²) in [6.07, 6.45) is 0. The highest BCUT2D eigenvalue weighted by molar-refractivity contribution is 5.91. The summed E-state index contributed by atoms with van der Waals surface area (Å²) in [5.74, 6) is -0.147. The number of benzene rings is 1. The Hall–Kier alpha value is -2.30. The molecule has 0 aliphatic rings. The van der Waals surface area contributed by atoms with Crippen LogP contribution in [0.1, 0.15) is 29.0 Å². The second-order valence-electron chi connectivity index (χ2n) is 3.85. The van der Waals surface area contributed by atoms with E-state index in [1.165, 1.54) is 6.07 Å². The van der Waals surface area contributed by atoms with Crippen molar-refractivity contribution < 1.29 is 4.79 Å². The summed E-state index contributed by atoms with van der Waals surface area (Å²) in [5, 5.41) is 4.10. The van der Waals surface area contributed by atoms with E-state index in [4.69, 9.17) is 11.5 Å². The summed E-state index contributed by atoms with van der Waals surface area (Å²) in [7, 11) is 0. The smallest absolute Gasteiger partial charge is 0.269 e. The van der Waals surface area contributed by atoms with Crippen molar-refractivity contribution in [2.75, 3.05) is 5.73 Å². The van der Waals surface area contributed by atoms with E-state index < -0.39 is 5.91 Å². The van der Waals surface area contributed by atoms with Gasteiger partial charge in [0.05, 0.1) is 6.04 Å². The highest BCUT2D eigenvalue weighted by Crippen LogP contribution is 2.20.